The molecule has 0 saturated heterocycles. The van der Waals surface area contributed by atoms with Gasteiger partial charge in [-0.05, 0) is 32.9 Å². The first-order valence-corrected chi connectivity index (χ1v) is 10.0. The van der Waals surface area contributed by atoms with Crippen LogP contribution < -0.4 is 5.30 Å². The van der Waals surface area contributed by atoms with Gasteiger partial charge in [0.2, 0.25) is 0 Å². The van der Waals surface area contributed by atoms with Crippen LogP contribution in [0.25, 0.3) is 0 Å². The van der Waals surface area contributed by atoms with E-state index in [4.69, 9.17) is 4.52 Å². The van der Waals surface area contributed by atoms with Crippen molar-refractivity contribution in [3.8, 4) is 0 Å². The van der Waals surface area contributed by atoms with E-state index in [9.17, 15) is 17.9 Å². The van der Waals surface area contributed by atoms with E-state index in [1.54, 1.807) is 6.07 Å². The molecule has 0 fully saturated rings. The highest BCUT2D eigenvalue weighted by atomic mass is 31.2. The highest BCUT2D eigenvalue weighted by Crippen LogP contribution is 2.78. The molecular formula is C13H20F2O5P2. The quantitative estimate of drug-likeness (QED) is 0.612. The monoisotopic (exact) mass is 356 g/mol. The second-order valence-corrected chi connectivity index (χ2v) is 9.01. The van der Waals surface area contributed by atoms with Crippen molar-refractivity contribution >= 4 is 20.3 Å². The van der Waals surface area contributed by atoms with Crippen LogP contribution in [-0.4, -0.2) is 25.2 Å². The largest absolute Gasteiger partial charge is 0.422 e. The smallest absolute Gasteiger partial charge is 0.321 e. The Morgan fingerprint density at radius 3 is 1.77 bits per heavy atom. The minimum absolute atomic E-state index is 0.235. The lowest BCUT2D eigenvalue weighted by atomic mass is 10.4. The van der Waals surface area contributed by atoms with E-state index in [2.05, 4.69) is 9.05 Å². The highest BCUT2D eigenvalue weighted by molar-refractivity contribution is 7.80. The summed E-state index contributed by atoms with van der Waals surface area (Å²) < 4.78 is 69.4. The van der Waals surface area contributed by atoms with E-state index >= 15 is 0 Å². The molecule has 0 spiro atoms. The summed E-state index contributed by atoms with van der Waals surface area (Å²) in [5, 5.41) is -4.52. The Morgan fingerprint density at radius 1 is 0.909 bits per heavy atom. The Balaban J connectivity index is 3.46. The van der Waals surface area contributed by atoms with E-state index < -0.39 is 20.4 Å². The summed E-state index contributed by atoms with van der Waals surface area (Å²) in [6.07, 6.45) is 0. The van der Waals surface area contributed by atoms with Gasteiger partial charge in [-0.2, -0.15) is 8.78 Å². The van der Waals surface area contributed by atoms with Crippen molar-refractivity contribution in [3.05, 3.63) is 30.3 Å². The van der Waals surface area contributed by atoms with Gasteiger partial charge in [0.25, 0.3) is 0 Å². The molecule has 0 heterocycles. The van der Waals surface area contributed by atoms with Crippen molar-refractivity contribution < 1.29 is 31.5 Å². The van der Waals surface area contributed by atoms with Crippen LogP contribution in [0.5, 0.6) is 0 Å². The molecule has 1 aromatic carbocycles. The highest BCUT2D eigenvalue weighted by Gasteiger charge is 2.67. The van der Waals surface area contributed by atoms with Crippen molar-refractivity contribution in [2.24, 2.45) is 0 Å². The first-order valence-electron chi connectivity index (χ1n) is 6.86. The van der Waals surface area contributed by atoms with E-state index in [-0.39, 0.29) is 25.1 Å². The summed E-state index contributed by atoms with van der Waals surface area (Å²) in [4.78, 5) is 0. The van der Waals surface area contributed by atoms with Gasteiger partial charge in [0, 0.05) is 5.30 Å². The summed E-state index contributed by atoms with van der Waals surface area (Å²) in [6, 6.07) is 6.97. The predicted octanol–water partition coefficient (Wildman–Crippen LogP) is 4.44. The van der Waals surface area contributed by atoms with Crippen molar-refractivity contribution in [2.45, 2.75) is 26.2 Å². The Morgan fingerprint density at radius 2 is 1.36 bits per heavy atom. The van der Waals surface area contributed by atoms with Crippen LogP contribution in [0.4, 0.5) is 8.78 Å². The maximum absolute atomic E-state index is 14.9. The molecule has 5 nitrogen and oxygen atoms in total. The van der Waals surface area contributed by atoms with Gasteiger partial charge >= 0.3 is 20.4 Å². The summed E-state index contributed by atoms with van der Waals surface area (Å²) >= 11 is 0. The number of alkyl halides is 2. The third-order valence-corrected chi connectivity index (χ3v) is 8.38. The molecule has 126 valence electrons. The molecule has 0 saturated carbocycles. The van der Waals surface area contributed by atoms with Crippen LogP contribution in [0.15, 0.2) is 30.3 Å². The second kappa shape index (κ2) is 7.80. The fraction of sp³-hybridized carbons (Fsp3) is 0.538. The Labute approximate surface area is 128 Å². The molecule has 0 aromatic heterocycles. The van der Waals surface area contributed by atoms with Gasteiger partial charge in [-0.3, -0.25) is 9.13 Å². The summed E-state index contributed by atoms with van der Waals surface area (Å²) in [7, 11) is -9.76. The maximum Gasteiger partial charge on any atom is 0.422 e. The number of hydrogen-bond donors (Lipinski definition) is 0. The van der Waals surface area contributed by atoms with Gasteiger partial charge in [0.05, 0.1) is 19.8 Å². The fourth-order valence-electron chi connectivity index (χ4n) is 1.81. The van der Waals surface area contributed by atoms with E-state index in [1.165, 1.54) is 45.0 Å². The summed E-state index contributed by atoms with van der Waals surface area (Å²) in [6.45, 7) is 3.45. The van der Waals surface area contributed by atoms with Crippen molar-refractivity contribution in [3.63, 3.8) is 0 Å². The number of hydrogen-bond acceptors (Lipinski definition) is 5. The van der Waals surface area contributed by atoms with E-state index in [0.29, 0.717) is 0 Å². The van der Waals surface area contributed by atoms with Crippen LogP contribution in [-0.2, 0) is 22.7 Å². The summed E-state index contributed by atoms with van der Waals surface area (Å²) in [5.41, 5.74) is 0. The first kappa shape index (κ1) is 19.5. The van der Waals surface area contributed by atoms with Gasteiger partial charge in [-0.25, -0.2) is 0 Å². The van der Waals surface area contributed by atoms with Crippen LogP contribution in [0.3, 0.4) is 0 Å². The molecule has 9 heteroatoms. The van der Waals surface area contributed by atoms with Gasteiger partial charge in [-0.1, -0.05) is 18.2 Å². The van der Waals surface area contributed by atoms with Crippen molar-refractivity contribution in [1.29, 1.82) is 0 Å². The molecule has 1 atom stereocenters. The second-order valence-electron chi connectivity index (χ2n) is 4.15. The Hall–Kier alpha value is -0.580. The lowest BCUT2D eigenvalue weighted by molar-refractivity contribution is 0.0898. The zero-order valence-electron chi connectivity index (χ0n) is 12.7. The molecule has 0 bridgehead atoms. The van der Waals surface area contributed by atoms with Gasteiger partial charge in [0.15, 0.2) is 0 Å². The number of halogens is 2. The maximum atomic E-state index is 14.9. The lowest BCUT2D eigenvalue weighted by Crippen LogP contribution is -2.28. The molecule has 1 unspecified atom stereocenters. The average Bonchev–Trinajstić information content (AvgIpc) is 2.48. The van der Waals surface area contributed by atoms with Crippen molar-refractivity contribution in [2.75, 3.05) is 19.8 Å². The minimum Gasteiger partial charge on any atom is -0.321 e. The fourth-order valence-corrected chi connectivity index (χ4v) is 6.57. The molecule has 22 heavy (non-hydrogen) atoms. The zero-order valence-corrected chi connectivity index (χ0v) is 14.5. The average molecular weight is 356 g/mol. The first-order chi connectivity index (χ1) is 10.3. The summed E-state index contributed by atoms with van der Waals surface area (Å²) in [5.74, 6) is 0. The topological polar surface area (TPSA) is 61.8 Å². The Bertz CT molecular complexity index is 555. The molecule has 0 N–H and O–H groups in total. The SMILES string of the molecule is CCOP(=O)(OCC)C(F)(F)P(=O)(OCC)c1ccccc1. The molecule has 0 aliphatic rings. The standard InChI is InChI=1S/C13H20F2O5P2/c1-4-18-21(16,12-10-8-7-9-11-12)13(14,15)22(17,19-5-2)20-6-3/h7-11H,4-6H2,1-3H3. The van der Waals surface area contributed by atoms with Gasteiger partial charge in [0.1, 0.15) is 0 Å². The van der Waals surface area contributed by atoms with Gasteiger partial charge in [-0.15, -0.1) is 0 Å². The van der Waals surface area contributed by atoms with Crippen LogP contribution in [0.1, 0.15) is 20.8 Å². The normalized spacial score (nSPS) is 15.5. The molecular weight excluding hydrogens is 336 g/mol. The van der Waals surface area contributed by atoms with Crippen LogP contribution in [0, 0.1) is 0 Å². The van der Waals surface area contributed by atoms with E-state index in [1.807, 2.05) is 0 Å². The third kappa shape index (κ3) is 3.50. The molecule has 0 radical (unpaired) electrons. The Kier molecular flexibility index (Phi) is 6.90. The molecule has 0 amide bonds. The lowest BCUT2D eigenvalue weighted by Gasteiger charge is -2.31. The van der Waals surface area contributed by atoms with E-state index in [0.717, 1.165) is 0 Å². The molecule has 1 rings (SSSR count). The zero-order chi connectivity index (χ0) is 16.9. The number of benzene rings is 1. The molecule has 1 aromatic rings. The number of rotatable bonds is 9. The van der Waals surface area contributed by atoms with Crippen molar-refractivity contribution in [1.82, 2.24) is 0 Å². The molecule has 0 aliphatic heterocycles. The van der Waals surface area contributed by atoms with Crippen LogP contribution in [0.2, 0.25) is 0 Å². The molecule has 0 aliphatic carbocycles. The minimum atomic E-state index is -4.96. The third-order valence-electron chi connectivity index (χ3n) is 2.69. The predicted molar refractivity (Wildman–Crippen MR) is 81.1 cm³/mol. The van der Waals surface area contributed by atoms with Crippen LogP contribution >= 0.6 is 15.0 Å². The van der Waals surface area contributed by atoms with Gasteiger partial charge < -0.3 is 13.6 Å².